The van der Waals surface area contributed by atoms with Crippen LogP contribution in [0, 0.1) is 0 Å². The lowest BCUT2D eigenvalue weighted by atomic mass is 10.1. The van der Waals surface area contributed by atoms with E-state index in [0.29, 0.717) is 6.61 Å². The minimum atomic E-state index is 0.151. The Morgan fingerprint density at radius 1 is 1.31 bits per heavy atom. The molecule has 0 amide bonds. The number of hydrogen-bond donors (Lipinski definition) is 0. The molecular formula is C14H20O2. The Kier molecular flexibility index (Phi) is 4.90. The maximum absolute atomic E-state index is 5.68. The van der Waals surface area contributed by atoms with Crippen LogP contribution in [0.5, 0.6) is 11.5 Å². The van der Waals surface area contributed by atoms with Crippen LogP contribution in [0.15, 0.2) is 30.9 Å². The van der Waals surface area contributed by atoms with E-state index in [1.54, 1.807) is 6.08 Å². The zero-order valence-corrected chi connectivity index (χ0v) is 10.3. The Labute approximate surface area is 97.9 Å². The van der Waals surface area contributed by atoms with E-state index in [1.165, 1.54) is 5.56 Å². The van der Waals surface area contributed by atoms with E-state index in [4.69, 9.17) is 9.47 Å². The highest BCUT2D eigenvalue weighted by Crippen LogP contribution is 2.29. The molecule has 0 saturated heterocycles. The highest BCUT2D eigenvalue weighted by Gasteiger charge is 2.07. The molecule has 0 aliphatic rings. The van der Waals surface area contributed by atoms with Crippen molar-refractivity contribution in [3.8, 4) is 11.5 Å². The minimum absolute atomic E-state index is 0.151. The van der Waals surface area contributed by atoms with Gasteiger partial charge in [0, 0.05) is 0 Å². The van der Waals surface area contributed by atoms with Gasteiger partial charge in [0.15, 0.2) is 11.5 Å². The summed E-state index contributed by atoms with van der Waals surface area (Å²) in [6, 6.07) is 6.07. The molecule has 0 unspecified atom stereocenters. The minimum Gasteiger partial charge on any atom is -0.487 e. The van der Waals surface area contributed by atoms with Gasteiger partial charge in [-0.25, -0.2) is 0 Å². The van der Waals surface area contributed by atoms with Gasteiger partial charge in [-0.1, -0.05) is 25.6 Å². The van der Waals surface area contributed by atoms with Crippen molar-refractivity contribution < 1.29 is 9.47 Å². The summed E-state index contributed by atoms with van der Waals surface area (Å²) in [5.74, 6) is 1.60. The Hall–Kier alpha value is -1.44. The summed E-state index contributed by atoms with van der Waals surface area (Å²) in [7, 11) is 0. The Morgan fingerprint density at radius 2 is 2.06 bits per heavy atom. The molecule has 0 N–H and O–H groups in total. The molecule has 0 atom stereocenters. The van der Waals surface area contributed by atoms with Gasteiger partial charge in [-0.15, -0.1) is 0 Å². The molecule has 0 fully saturated rings. The first-order valence-electron chi connectivity index (χ1n) is 5.70. The van der Waals surface area contributed by atoms with Gasteiger partial charge in [-0.2, -0.15) is 0 Å². The van der Waals surface area contributed by atoms with Gasteiger partial charge in [-0.3, -0.25) is 0 Å². The molecule has 1 aromatic carbocycles. The van der Waals surface area contributed by atoms with Crippen LogP contribution in [0.1, 0.15) is 26.3 Å². The van der Waals surface area contributed by atoms with E-state index in [2.05, 4.69) is 19.6 Å². The van der Waals surface area contributed by atoms with Gasteiger partial charge >= 0.3 is 0 Å². The highest BCUT2D eigenvalue weighted by molar-refractivity contribution is 5.43. The monoisotopic (exact) mass is 220 g/mol. The first-order valence-corrected chi connectivity index (χ1v) is 5.70. The molecule has 0 aliphatic heterocycles. The van der Waals surface area contributed by atoms with Gasteiger partial charge < -0.3 is 9.47 Å². The van der Waals surface area contributed by atoms with Crippen molar-refractivity contribution in [3.63, 3.8) is 0 Å². The van der Waals surface area contributed by atoms with Crippen LogP contribution in [-0.4, -0.2) is 12.7 Å². The molecule has 0 heterocycles. The third-order valence-electron chi connectivity index (χ3n) is 2.14. The third kappa shape index (κ3) is 3.61. The first-order chi connectivity index (χ1) is 7.67. The topological polar surface area (TPSA) is 18.5 Å². The molecule has 0 aliphatic carbocycles. The molecule has 1 aromatic rings. The van der Waals surface area contributed by atoms with E-state index in [9.17, 15) is 0 Å². The van der Waals surface area contributed by atoms with Crippen molar-refractivity contribution in [2.24, 2.45) is 0 Å². The number of hydrogen-bond acceptors (Lipinski definition) is 2. The fraction of sp³-hybridized carbons (Fsp3) is 0.429. The average Bonchev–Trinajstić information content (AvgIpc) is 2.27. The SMILES string of the molecule is C=CCOc1cc(CC)ccc1OC(C)C. The van der Waals surface area contributed by atoms with Crippen LogP contribution >= 0.6 is 0 Å². The molecule has 0 aromatic heterocycles. The zero-order chi connectivity index (χ0) is 12.0. The van der Waals surface area contributed by atoms with Crippen molar-refractivity contribution in [3.05, 3.63) is 36.4 Å². The van der Waals surface area contributed by atoms with Gasteiger partial charge in [0.25, 0.3) is 0 Å². The van der Waals surface area contributed by atoms with Gasteiger partial charge in [0.1, 0.15) is 6.61 Å². The normalized spacial score (nSPS) is 10.2. The molecule has 2 nitrogen and oxygen atoms in total. The largest absolute Gasteiger partial charge is 0.487 e. The van der Waals surface area contributed by atoms with E-state index < -0.39 is 0 Å². The average molecular weight is 220 g/mol. The lowest BCUT2D eigenvalue weighted by molar-refractivity contribution is 0.226. The third-order valence-corrected chi connectivity index (χ3v) is 2.14. The van der Waals surface area contributed by atoms with Crippen LogP contribution < -0.4 is 9.47 Å². The number of benzene rings is 1. The number of rotatable bonds is 6. The summed E-state index contributed by atoms with van der Waals surface area (Å²) in [5, 5.41) is 0. The van der Waals surface area contributed by atoms with E-state index >= 15 is 0 Å². The van der Waals surface area contributed by atoms with Crippen molar-refractivity contribution in [2.75, 3.05) is 6.61 Å². The maximum Gasteiger partial charge on any atom is 0.161 e. The molecule has 16 heavy (non-hydrogen) atoms. The fourth-order valence-corrected chi connectivity index (χ4v) is 1.39. The zero-order valence-electron chi connectivity index (χ0n) is 10.3. The van der Waals surface area contributed by atoms with Crippen molar-refractivity contribution >= 4 is 0 Å². The summed E-state index contributed by atoms with van der Waals surface area (Å²) in [6.07, 6.45) is 2.88. The highest BCUT2D eigenvalue weighted by atomic mass is 16.5. The summed E-state index contributed by atoms with van der Waals surface area (Å²) in [5.41, 5.74) is 1.25. The number of ether oxygens (including phenoxy) is 2. The van der Waals surface area contributed by atoms with Crippen molar-refractivity contribution in [1.82, 2.24) is 0 Å². The molecule has 88 valence electrons. The van der Waals surface area contributed by atoms with Crippen LogP contribution in [-0.2, 0) is 6.42 Å². The predicted octanol–water partition coefficient (Wildman–Crippen LogP) is 3.60. The van der Waals surface area contributed by atoms with Crippen molar-refractivity contribution in [1.29, 1.82) is 0 Å². The molecule has 1 rings (SSSR count). The van der Waals surface area contributed by atoms with Crippen LogP contribution in [0.25, 0.3) is 0 Å². The summed E-state index contributed by atoms with van der Waals surface area (Å²) in [6.45, 7) is 10.3. The molecule has 0 bridgehead atoms. The summed E-state index contributed by atoms with van der Waals surface area (Å²) < 4.78 is 11.3. The standard InChI is InChI=1S/C14H20O2/c1-5-9-15-14-10-12(6-2)7-8-13(14)16-11(3)4/h5,7-8,10-11H,1,6,9H2,2-4H3. The molecule has 0 saturated carbocycles. The van der Waals surface area contributed by atoms with Crippen LogP contribution in [0.2, 0.25) is 0 Å². The number of aryl methyl sites for hydroxylation is 1. The second kappa shape index (κ2) is 6.21. The second-order valence-corrected chi connectivity index (χ2v) is 3.90. The van der Waals surface area contributed by atoms with Crippen LogP contribution in [0.4, 0.5) is 0 Å². The first kappa shape index (κ1) is 12.6. The van der Waals surface area contributed by atoms with E-state index in [0.717, 1.165) is 17.9 Å². The Bertz CT molecular complexity index is 343. The lowest BCUT2D eigenvalue weighted by Crippen LogP contribution is -2.07. The molecule has 2 heteroatoms. The van der Waals surface area contributed by atoms with Gasteiger partial charge in [-0.05, 0) is 38.0 Å². The quantitative estimate of drug-likeness (QED) is 0.682. The van der Waals surface area contributed by atoms with E-state index in [-0.39, 0.29) is 6.10 Å². The smallest absolute Gasteiger partial charge is 0.161 e. The molecule has 0 radical (unpaired) electrons. The van der Waals surface area contributed by atoms with Crippen molar-refractivity contribution in [2.45, 2.75) is 33.3 Å². The Morgan fingerprint density at radius 3 is 2.62 bits per heavy atom. The molecule has 0 spiro atoms. The fourth-order valence-electron chi connectivity index (χ4n) is 1.39. The second-order valence-electron chi connectivity index (χ2n) is 3.90. The lowest BCUT2D eigenvalue weighted by Gasteiger charge is -2.15. The van der Waals surface area contributed by atoms with E-state index in [1.807, 2.05) is 26.0 Å². The van der Waals surface area contributed by atoms with Crippen LogP contribution in [0.3, 0.4) is 0 Å². The summed E-state index contributed by atoms with van der Waals surface area (Å²) >= 11 is 0. The predicted molar refractivity (Wildman–Crippen MR) is 67.3 cm³/mol. The summed E-state index contributed by atoms with van der Waals surface area (Å²) in [4.78, 5) is 0. The van der Waals surface area contributed by atoms with Gasteiger partial charge in [0.05, 0.1) is 6.10 Å². The molecular weight excluding hydrogens is 200 g/mol. The maximum atomic E-state index is 5.68. The Balaban J connectivity index is 2.91. The van der Waals surface area contributed by atoms with Gasteiger partial charge in [0.2, 0.25) is 0 Å².